The number of carbonyl (C=O) groups excluding carboxylic acids is 1. The molecule has 2 aromatic carbocycles. The molecule has 0 spiro atoms. The molecule has 0 fully saturated rings. The van der Waals surface area contributed by atoms with Gasteiger partial charge in [-0.3, -0.25) is 4.79 Å². The molecule has 0 saturated carbocycles. The maximum Gasteiger partial charge on any atom is 0.418 e. The number of thioether (sulfide) groups is 1. The molecule has 0 bridgehead atoms. The summed E-state index contributed by atoms with van der Waals surface area (Å²) in [7, 11) is 0. The van der Waals surface area contributed by atoms with Crippen LogP contribution in [0.2, 0.25) is 0 Å². The molecule has 4 rings (SSSR count). The Morgan fingerprint density at radius 3 is 2.50 bits per heavy atom. The smallest absolute Gasteiger partial charge is 0.325 e. The van der Waals surface area contributed by atoms with Crippen LogP contribution in [0.15, 0.2) is 59.6 Å². The van der Waals surface area contributed by atoms with Gasteiger partial charge in [0.25, 0.3) is 0 Å². The number of benzene rings is 2. The molecular formula is C25H19F4N3OS. The lowest BCUT2D eigenvalue weighted by Crippen LogP contribution is -2.23. The number of alkyl halides is 3. The Morgan fingerprint density at radius 2 is 1.85 bits per heavy atom. The Bertz CT molecular complexity index is 1240. The number of nitriles is 1. The van der Waals surface area contributed by atoms with Gasteiger partial charge in [0.2, 0.25) is 5.91 Å². The summed E-state index contributed by atoms with van der Waals surface area (Å²) in [4.78, 5) is 16.7. The van der Waals surface area contributed by atoms with Crippen molar-refractivity contribution in [3.05, 3.63) is 88.4 Å². The van der Waals surface area contributed by atoms with Gasteiger partial charge in [-0.2, -0.15) is 18.4 Å². The summed E-state index contributed by atoms with van der Waals surface area (Å²) in [5.41, 5.74) is 0.176. The van der Waals surface area contributed by atoms with E-state index in [2.05, 4.69) is 10.3 Å². The highest BCUT2D eigenvalue weighted by Gasteiger charge is 2.41. The molecule has 1 atom stereocenters. The first kappa shape index (κ1) is 23.8. The predicted octanol–water partition coefficient (Wildman–Crippen LogP) is 6.11. The van der Waals surface area contributed by atoms with Crippen LogP contribution in [0.1, 0.15) is 40.3 Å². The molecule has 0 saturated heterocycles. The van der Waals surface area contributed by atoms with Crippen LogP contribution in [0.3, 0.4) is 0 Å². The second-order valence-corrected chi connectivity index (χ2v) is 8.86. The van der Waals surface area contributed by atoms with E-state index in [4.69, 9.17) is 0 Å². The van der Waals surface area contributed by atoms with Crippen LogP contribution in [0, 0.1) is 17.1 Å². The average Bonchev–Trinajstić information content (AvgIpc) is 2.82. The van der Waals surface area contributed by atoms with Gasteiger partial charge >= 0.3 is 6.18 Å². The lowest BCUT2D eigenvalue weighted by Gasteiger charge is -2.28. The van der Waals surface area contributed by atoms with Crippen molar-refractivity contribution in [3.63, 3.8) is 0 Å². The second-order valence-electron chi connectivity index (χ2n) is 7.90. The van der Waals surface area contributed by atoms with Crippen molar-refractivity contribution in [2.75, 3.05) is 11.1 Å². The summed E-state index contributed by atoms with van der Waals surface area (Å²) >= 11 is 0.783. The Kier molecular flexibility index (Phi) is 6.89. The molecule has 1 amide bonds. The SMILES string of the molecule is N#Cc1c(SCC(=O)Nc2ccc(F)cc2)nc2c(c1C(F)(F)F)CC(c1ccccc1)CC2. The average molecular weight is 486 g/mol. The number of aromatic nitrogens is 1. The lowest BCUT2D eigenvalue weighted by atomic mass is 9.79. The number of nitrogens with one attached hydrogen (secondary N) is 1. The number of halogens is 4. The molecule has 0 radical (unpaired) electrons. The van der Waals surface area contributed by atoms with Gasteiger partial charge in [-0.25, -0.2) is 9.37 Å². The number of fused-ring (bicyclic) bond motifs is 1. The van der Waals surface area contributed by atoms with E-state index in [9.17, 15) is 27.6 Å². The number of anilines is 1. The summed E-state index contributed by atoms with van der Waals surface area (Å²) in [6.45, 7) is 0. The molecule has 3 aromatic rings. The van der Waals surface area contributed by atoms with E-state index in [1.807, 2.05) is 30.3 Å². The standard InChI is InChI=1S/C25H19F4N3OS/c26-17-7-9-18(10-8-17)31-22(33)14-34-24-20(13-30)23(25(27,28)29)19-12-16(6-11-21(19)32-24)15-4-2-1-3-5-15/h1-5,7-10,16H,6,11-12,14H2,(H,31,33). The van der Waals surface area contributed by atoms with E-state index in [0.717, 1.165) is 17.3 Å². The first-order chi connectivity index (χ1) is 16.3. The minimum Gasteiger partial charge on any atom is -0.325 e. The van der Waals surface area contributed by atoms with Crippen molar-refractivity contribution >= 4 is 23.4 Å². The maximum atomic E-state index is 14.2. The number of rotatable bonds is 5. The quantitative estimate of drug-likeness (QED) is 0.350. The van der Waals surface area contributed by atoms with E-state index in [1.165, 1.54) is 24.3 Å². The Balaban J connectivity index is 1.61. The van der Waals surface area contributed by atoms with E-state index in [0.29, 0.717) is 24.2 Å². The largest absolute Gasteiger partial charge is 0.418 e. The van der Waals surface area contributed by atoms with Crippen molar-refractivity contribution in [3.8, 4) is 6.07 Å². The minimum absolute atomic E-state index is 0.0595. The first-order valence-corrected chi connectivity index (χ1v) is 11.5. The second kappa shape index (κ2) is 9.85. The third kappa shape index (κ3) is 5.23. The fourth-order valence-corrected chi connectivity index (χ4v) is 4.94. The number of carbonyl (C=O) groups is 1. The zero-order chi connectivity index (χ0) is 24.3. The zero-order valence-electron chi connectivity index (χ0n) is 17.8. The van der Waals surface area contributed by atoms with Gasteiger partial charge in [0, 0.05) is 11.4 Å². The fourth-order valence-electron chi connectivity index (χ4n) is 4.13. The third-order valence-electron chi connectivity index (χ3n) is 5.66. The molecule has 174 valence electrons. The van der Waals surface area contributed by atoms with Crippen LogP contribution in [-0.4, -0.2) is 16.6 Å². The maximum absolute atomic E-state index is 14.2. The number of nitrogens with zero attached hydrogens (tertiary/aromatic N) is 2. The van der Waals surface area contributed by atoms with Gasteiger partial charge in [0.15, 0.2) is 0 Å². The van der Waals surface area contributed by atoms with Crippen LogP contribution in [0.5, 0.6) is 0 Å². The van der Waals surface area contributed by atoms with Crippen LogP contribution >= 0.6 is 11.8 Å². The van der Waals surface area contributed by atoms with Crippen molar-refractivity contribution in [1.29, 1.82) is 5.26 Å². The molecule has 9 heteroatoms. The van der Waals surface area contributed by atoms with Gasteiger partial charge < -0.3 is 5.32 Å². The van der Waals surface area contributed by atoms with Gasteiger partial charge in [0.1, 0.15) is 16.9 Å². The molecule has 1 N–H and O–H groups in total. The molecule has 0 aliphatic heterocycles. The number of hydrogen-bond donors (Lipinski definition) is 1. The molecule has 1 heterocycles. The summed E-state index contributed by atoms with van der Waals surface area (Å²) in [5, 5.41) is 12.1. The lowest BCUT2D eigenvalue weighted by molar-refractivity contribution is -0.138. The Morgan fingerprint density at radius 1 is 1.15 bits per heavy atom. The molecule has 34 heavy (non-hydrogen) atoms. The van der Waals surface area contributed by atoms with Gasteiger partial charge in [0.05, 0.1) is 16.9 Å². The predicted molar refractivity (Wildman–Crippen MR) is 121 cm³/mol. The van der Waals surface area contributed by atoms with Crippen molar-refractivity contribution in [2.45, 2.75) is 36.4 Å². The Labute approximate surface area is 198 Å². The zero-order valence-corrected chi connectivity index (χ0v) is 18.6. The van der Waals surface area contributed by atoms with Gasteiger partial charge in [-0.05, 0) is 60.6 Å². The number of hydrogen-bond acceptors (Lipinski definition) is 4. The van der Waals surface area contributed by atoms with Crippen LogP contribution < -0.4 is 5.32 Å². The van der Waals surface area contributed by atoms with Crippen LogP contribution in [0.4, 0.5) is 23.2 Å². The van der Waals surface area contributed by atoms with Crippen molar-refractivity contribution < 1.29 is 22.4 Å². The van der Waals surface area contributed by atoms with Crippen LogP contribution in [0.25, 0.3) is 0 Å². The number of pyridine rings is 1. The van der Waals surface area contributed by atoms with Crippen molar-refractivity contribution in [2.24, 2.45) is 0 Å². The van der Waals surface area contributed by atoms with E-state index in [1.54, 1.807) is 6.07 Å². The van der Waals surface area contributed by atoms with E-state index < -0.39 is 29.0 Å². The minimum atomic E-state index is -4.73. The summed E-state index contributed by atoms with van der Waals surface area (Å²) < 4.78 is 55.5. The highest BCUT2D eigenvalue weighted by atomic mass is 32.2. The van der Waals surface area contributed by atoms with Crippen LogP contribution in [-0.2, 0) is 23.8 Å². The highest BCUT2D eigenvalue weighted by molar-refractivity contribution is 8.00. The van der Waals surface area contributed by atoms with Crippen molar-refractivity contribution in [1.82, 2.24) is 4.98 Å². The molecule has 4 nitrogen and oxygen atoms in total. The van der Waals surface area contributed by atoms with Gasteiger partial charge in [-0.1, -0.05) is 42.1 Å². The molecule has 1 aliphatic carbocycles. The highest BCUT2D eigenvalue weighted by Crippen LogP contribution is 2.43. The normalized spacial score (nSPS) is 15.3. The summed E-state index contributed by atoms with van der Waals surface area (Å²) in [6, 6.07) is 16.1. The van der Waals surface area contributed by atoms with E-state index in [-0.39, 0.29) is 28.7 Å². The molecular weight excluding hydrogens is 466 g/mol. The third-order valence-corrected chi connectivity index (χ3v) is 6.64. The summed E-state index contributed by atoms with van der Waals surface area (Å²) in [6.07, 6.45) is -3.60. The monoisotopic (exact) mass is 485 g/mol. The first-order valence-electron chi connectivity index (χ1n) is 10.5. The summed E-state index contributed by atoms with van der Waals surface area (Å²) in [5.74, 6) is -1.30. The molecule has 1 unspecified atom stereocenters. The Hall–Kier alpha value is -3.38. The number of aryl methyl sites for hydroxylation is 1. The number of amides is 1. The molecule has 1 aromatic heterocycles. The fraction of sp³-hybridized carbons (Fsp3) is 0.240. The molecule has 1 aliphatic rings. The van der Waals surface area contributed by atoms with E-state index >= 15 is 0 Å². The van der Waals surface area contributed by atoms with Gasteiger partial charge in [-0.15, -0.1) is 0 Å². The topological polar surface area (TPSA) is 65.8 Å².